The van der Waals surface area contributed by atoms with Gasteiger partial charge in [0, 0.05) is 13.0 Å². The number of halogens is 2. The lowest BCUT2D eigenvalue weighted by molar-refractivity contribution is -0.127. The molecule has 6 heteroatoms. The highest BCUT2D eigenvalue weighted by atomic mass is 19.3. The Bertz CT molecular complexity index is 255. The Balaban J connectivity index is 2.11. The molecule has 0 saturated heterocycles. The predicted octanol–water partition coefficient (Wildman–Crippen LogP) is 0.935. The quantitative estimate of drug-likeness (QED) is 0.708. The summed E-state index contributed by atoms with van der Waals surface area (Å²) in [6.45, 7) is 0.524. The molecule has 0 aromatic carbocycles. The molecule has 1 aliphatic carbocycles. The first kappa shape index (κ1) is 14.3. The number of alkyl halides is 2. The number of aliphatic hydroxyl groups excluding tert-OH is 1. The predicted molar refractivity (Wildman–Crippen MR) is 57.8 cm³/mol. The van der Waals surface area contributed by atoms with Gasteiger partial charge in [0.2, 0.25) is 5.91 Å². The molecule has 2 N–H and O–H groups in total. The van der Waals surface area contributed by atoms with Gasteiger partial charge in [-0.25, -0.2) is 8.78 Å². The van der Waals surface area contributed by atoms with E-state index in [1.54, 1.807) is 0 Å². The molecule has 0 radical (unpaired) electrons. The van der Waals surface area contributed by atoms with E-state index in [1.807, 2.05) is 6.92 Å². The van der Waals surface area contributed by atoms with Gasteiger partial charge in [0.1, 0.15) is 6.61 Å². The molecule has 4 nitrogen and oxygen atoms in total. The summed E-state index contributed by atoms with van der Waals surface area (Å²) in [6, 6.07) is 0. The van der Waals surface area contributed by atoms with Gasteiger partial charge in [-0.15, -0.1) is 0 Å². The van der Waals surface area contributed by atoms with Crippen LogP contribution in [0.3, 0.4) is 0 Å². The third-order valence-corrected chi connectivity index (χ3v) is 2.84. The van der Waals surface area contributed by atoms with Gasteiger partial charge in [-0.2, -0.15) is 0 Å². The van der Waals surface area contributed by atoms with Gasteiger partial charge in [0.25, 0.3) is 5.92 Å². The summed E-state index contributed by atoms with van der Waals surface area (Å²) in [4.78, 5) is 11.3. The van der Waals surface area contributed by atoms with E-state index >= 15 is 0 Å². The molecule has 0 aromatic rings. The molecule has 0 aliphatic heterocycles. The zero-order chi connectivity index (χ0) is 12.9. The van der Waals surface area contributed by atoms with Gasteiger partial charge in [0.05, 0.1) is 12.6 Å². The van der Waals surface area contributed by atoms with Crippen LogP contribution in [0.2, 0.25) is 0 Å². The van der Waals surface area contributed by atoms with Crippen molar-refractivity contribution in [2.75, 3.05) is 19.8 Å². The number of amides is 1. The highest BCUT2D eigenvalue weighted by Gasteiger charge is 2.32. The van der Waals surface area contributed by atoms with E-state index in [9.17, 15) is 13.6 Å². The lowest BCUT2D eigenvalue weighted by Crippen LogP contribution is -2.41. The van der Waals surface area contributed by atoms with Gasteiger partial charge < -0.3 is 15.2 Å². The van der Waals surface area contributed by atoms with Crippen LogP contribution in [0.1, 0.15) is 26.2 Å². The number of nitrogens with one attached hydrogen (secondary N) is 1. The Kier molecular flexibility index (Phi) is 5.27. The van der Waals surface area contributed by atoms with Crippen molar-refractivity contribution < 1.29 is 23.4 Å². The van der Waals surface area contributed by atoms with Crippen LogP contribution in [0.4, 0.5) is 8.78 Å². The second-order valence-electron chi connectivity index (χ2n) is 4.41. The third-order valence-electron chi connectivity index (χ3n) is 2.84. The number of rotatable bonds is 7. The molecule has 1 amide bonds. The van der Waals surface area contributed by atoms with E-state index in [4.69, 9.17) is 9.84 Å². The van der Waals surface area contributed by atoms with E-state index in [0.29, 0.717) is 6.61 Å². The number of carbonyl (C=O) groups excluding carboxylic acids is 1. The molecular weight excluding hydrogens is 232 g/mol. The number of hydrogen-bond acceptors (Lipinski definition) is 3. The van der Waals surface area contributed by atoms with E-state index in [2.05, 4.69) is 5.32 Å². The molecule has 100 valence electrons. The summed E-state index contributed by atoms with van der Waals surface area (Å²) in [5.74, 6) is -3.39. The van der Waals surface area contributed by atoms with Crippen LogP contribution < -0.4 is 5.32 Å². The molecule has 0 unspecified atom stereocenters. The number of hydrogen-bond donors (Lipinski definition) is 2. The van der Waals surface area contributed by atoms with Crippen molar-refractivity contribution >= 4 is 5.91 Å². The second-order valence-corrected chi connectivity index (χ2v) is 4.41. The van der Waals surface area contributed by atoms with Crippen molar-refractivity contribution in [1.29, 1.82) is 0 Å². The normalized spacial score (nSPS) is 24.2. The largest absolute Gasteiger partial charge is 0.390 e. The summed E-state index contributed by atoms with van der Waals surface area (Å²) in [7, 11) is 0. The van der Waals surface area contributed by atoms with Gasteiger partial charge in [-0.05, 0) is 25.7 Å². The van der Waals surface area contributed by atoms with Crippen LogP contribution in [0.5, 0.6) is 0 Å². The van der Waals surface area contributed by atoms with Crippen LogP contribution in [0.15, 0.2) is 0 Å². The molecule has 0 spiro atoms. The minimum Gasteiger partial charge on any atom is -0.390 e. The third kappa shape index (κ3) is 4.95. The second kappa shape index (κ2) is 6.26. The summed E-state index contributed by atoms with van der Waals surface area (Å²) in [6.07, 6.45) is 2.11. The molecule has 0 bridgehead atoms. The fourth-order valence-electron chi connectivity index (χ4n) is 1.83. The summed E-state index contributed by atoms with van der Waals surface area (Å²) in [5.41, 5.74) is 0. The molecule has 1 fully saturated rings. The van der Waals surface area contributed by atoms with Crippen molar-refractivity contribution in [2.45, 2.75) is 38.2 Å². The average molecular weight is 251 g/mol. The number of carbonyl (C=O) groups is 1. The fraction of sp³-hybridized carbons (Fsp3) is 0.909. The van der Waals surface area contributed by atoms with E-state index in [1.165, 1.54) is 0 Å². The van der Waals surface area contributed by atoms with Crippen molar-refractivity contribution in [1.82, 2.24) is 5.32 Å². The van der Waals surface area contributed by atoms with Crippen molar-refractivity contribution in [2.24, 2.45) is 5.92 Å². The first-order valence-corrected chi connectivity index (χ1v) is 5.84. The topological polar surface area (TPSA) is 58.6 Å². The van der Waals surface area contributed by atoms with Gasteiger partial charge in [0.15, 0.2) is 0 Å². The molecule has 1 saturated carbocycles. The van der Waals surface area contributed by atoms with Crippen LogP contribution in [0, 0.1) is 5.92 Å². The first-order valence-electron chi connectivity index (χ1n) is 5.84. The van der Waals surface area contributed by atoms with Crippen molar-refractivity contribution in [3.8, 4) is 0 Å². The Morgan fingerprint density at radius 3 is 2.71 bits per heavy atom. The molecule has 0 heterocycles. The molecule has 0 aromatic heterocycles. The van der Waals surface area contributed by atoms with E-state index in [-0.39, 0.29) is 18.4 Å². The zero-order valence-corrected chi connectivity index (χ0v) is 9.92. The molecule has 1 aliphatic rings. The van der Waals surface area contributed by atoms with Crippen LogP contribution in [-0.2, 0) is 9.53 Å². The average Bonchev–Trinajstić information content (AvgIpc) is 2.24. The Morgan fingerprint density at radius 1 is 1.53 bits per heavy atom. The smallest absolute Gasteiger partial charge is 0.287 e. The van der Waals surface area contributed by atoms with Crippen LogP contribution in [-0.4, -0.2) is 42.8 Å². The monoisotopic (exact) mass is 251 g/mol. The lowest BCUT2D eigenvalue weighted by Gasteiger charge is -2.34. The maximum atomic E-state index is 12.6. The Hall–Kier alpha value is -0.750. The number of aliphatic hydroxyl groups is 1. The maximum Gasteiger partial charge on any atom is 0.287 e. The summed E-state index contributed by atoms with van der Waals surface area (Å²) < 4.78 is 30.6. The van der Waals surface area contributed by atoms with Crippen molar-refractivity contribution in [3.63, 3.8) is 0 Å². The highest BCUT2D eigenvalue weighted by Crippen LogP contribution is 2.32. The summed E-state index contributed by atoms with van der Waals surface area (Å²) >= 11 is 0. The number of ether oxygens (including phenoxy) is 1. The van der Waals surface area contributed by atoms with Gasteiger partial charge >= 0.3 is 0 Å². The molecule has 1 rings (SSSR count). The first-order chi connectivity index (χ1) is 7.96. The minimum absolute atomic E-state index is 0.219. The molecule has 17 heavy (non-hydrogen) atoms. The maximum absolute atomic E-state index is 12.6. The highest BCUT2D eigenvalue weighted by molar-refractivity contribution is 5.76. The van der Waals surface area contributed by atoms with Crippen LogP contribution in [0.25, 0.3) is 0 Å². The minimum atomic E-state index is -3.23. The SMILES string of the molecule is CCOC1CC(CC(=O)NCC(F)(F)CO)C1. The van der Waals surface area contributed by atoms with E-state index in [0.717, 1.165) is 12.8 Å². The lowest BCUT2D eigenvalue weighted by atomic mass is 9.80. The fourth-order valence-corrected chi connectivity index (χ4v) is 1.83. The Labute approximate surface area is 99.3 Å². The molecule has 0 atom stereocenters. The Morgan fingerprint density at radius 2 is 2.18 bits per heavy atom. The van der Waals surface area contributed by atoms with Gasteiger partial charge in [-0.3, -0.25) is 4.79 Å². The standard InChI is InChI=1S/C11H19F2NO3/c1-2-17-9-3-8(4-9)5-10(16)14-6-11(12,13)7-15/h8-9,15H,2-7H2,1H3,(H,14,16). The molecular formula is C11H19F2NO3. The summed E-state index contributed by atoms with van der Waals surface area (Å²) in [5, 5.41) is 10.5. The zero-order valence-electron chi connectivity index (χ0n) is 9.92. The van der Waals surface area contributed by atoms with E-state index < -0.39 is 25.0 Å². The van der Waals surface area contributed by atoms with Crippen LogP contribution >= 0.6 is 0 Å². The van der Waals surface area contributed by atoms with Crippen molar-refractivity contribution in [3.05, 3.63) is 0 Å². The van der Waals surface area contributed by atoms with Gasteiger partial charge in [-0.1, -0.05) is 0 Å².